The lowest BCUT2D eigenvalue weighted by molar-refractivity contribution is -0.127. The average molecular weight is 345 g/mol. The Kier molecular flexibility index (Phi) is 5.91. The number of amides is 2. The second kappa shape index (κ2) is 7.70. The van der Waals surface area contributed by atoms with Crippen LogP contribution in [0, 0.1) is 0 Å². The van der Waals surface area contributed by atoms with Gasteiger partial charge in [-0.05, 0) is 25.0 Å². The van der Waals surface area contributed by atoms with Crippen LogP contribution < -0.4 is 10.1 Å². The quantitative estimate of drug-likeness (QED) is 0.807. The maximum absolute atomic E-state index is 12.1. The Morgan fingerprint density at radius 2 is 2.05 bits per heavy atom. The number of halogens is 2. The van der Waals surface area contributed by atoms with Crippen molar-refractivity contribution in [2.24, 2.45) is 0 Å². The molecule has 0 atom stereocenters. The summed E-state index contributed by atoms with van der Waals surface area (Å²) in [5.41, 5.74) is 0.382. The van der Waals surface area contributed by atoms with E-state index in [0.29, 0.717) is 40.9 Å². The predicted molar refractivity (Wildman–Crippen MR) is 85.8 cm³/mol. The van der Waals surface area contributed by atoms with Gasteiger partial charge >= 0.3 is 0 Å². The molecule has 120 valence electrons. The number of hydrogen-bond acceptors (Lipinski definition) is 3. The third kappa shape index (κ3) is 4.05. The van der Waals surface area contributed by atoms with Gasteiger partial charge in [0.2, 0.25) is 5.91 Å². The molecule has 1 aromatic carbocycles. The van der Waals surface area contributed by atoms with Crippen molar-refractivity contribution < 1.29 is 14.3 Å². The number of carbonyl (C=O) groups is 2. The monoisotopic (exact) mass is 344 g/mol. The molecule has 0 saturated carbocycles. The van der Waals surface area contributed by atoms with Crippen LogP contribution in [0.1, 0.15) is 29.6 Å². The van der Waals surface area contributed by atoms with E-state index in [2.05, 4.69) is 5.32 Å². The summed E-state index contributed by atoms with van der Waals surface area (Å²) in [5, 5.41) is 3.38. The average Bonchev–Trinajstić information content (AvgIpc) is 2.88. The first kappa shape index (κ1) is 16.9. The first-order valence-electron chi connectivity index (χ1n) is 7.12. The van der Waals surface area contributed by atoms with E-state index in [9.17, 15) is 9.59 Å². The highest BCUT2D eigenvalue weighted by Gasteiger charge is 2.19. The number of methoxy groups -OCH3 is 1. The van der Waals surface area contributed by atoms with E-state index in [-0.39, 0.29) is 11.8 Å². The zero-order valence-corrected chi connectivity index (χ0v) is 13.8. The highest BCUT2D eigenvalue weighted by Crippen LogP contribution is 2.33. The molecular weight excluding hydrogens is 327 g/mol. The molecule has 7 heteroatoms. The summed E-state index contributed by atoms with van der Waals surface area (Å²) in [7, 11) is 1.46. The lowest BCUT2D eigenvalue weighted by Gasteiger charge is -2.15. The van der Waals surface area contributed by atoms with Crippen LogP contribution in [-0.2, 0) is 4.79 Å². The summed E-state index contributed by atoms with van der Waals surface area (Å²) in [6.07, 6.45) is 2.28. The summed E-state index contributed by atoms with van der Waals surface area (Å²) >= 11 is 12.0. The molecular formula is C15H18Cl2N2O3. The van der Waals surface area contributed by atoms with Crippen molar-refractivity contribution in [3.8, 4) is 5.75 Å². The minimum absolute atomic E-state index is 0.194. The Morgan fingerprint density at radius 1 is 1.36 bits per heavy atom. The van der Waals surface area contributed by atoms with Crippen LogP contribution in [0.15, 0.2) is 12.1 Å². The van der Waals surface area contributed by atoms with Crippen molar-refractivity contribution in [3.05, 3.63) is 27.7 Å². The van der Waals surface area contributed by atoms with Crippen molar-refractivity contribution in [3.63, 3.8) is 0 Å². The molecule has 1 aliphatic heterocycles. The summed E-state index contributed by atoms with van der Waals surface area (Å²) < 4.78 is 5.04. The summed E-state index contributed by atoms with van der Waals surface area (Å²) in [4.78, 5) is 25.3. The summed E-state index contributed by atoms with van der Waals surface area (Å²) in [5.74, 6) is 0.298. The van der Waals surface area contributed by atoms with E-state index in [4.69, 9.17) is 27.9 Å². The van der Waals surface area contributed by atoms with Crippen LogP contribution in [0.4, 0.5) is 0 Å². The predicted octanol–water partition coefficient (Wildman–Crippen LogP) is 2.74. The van der Waals surface area contributed by atoms with Gasteiger partial charge in [0.15, 0.2) is 5.75 Å². The van der Waals surface area contributed by atoms with Crippen LogP contribution in [0.2, 0.25) is 10.0 Å². The van der Waals surface area contributed by atoms with Crippen molar-refractivity contribution in [2.75, 3.05) is 26.7 Å². The third-order valence-electron chi connectivity index (χ3n) is 3.53. The lowest BCUT2D eigenvalue weighted by Crippen LogP contribution is -2.30. The van der Waals surface area contributed by atoms with E-state index in [1.54, 1.807) is 0 Å². The third-order valence-corrected chi connectivity index (χ3v) is 4.09. The zero-order valence-electron chi connectivity index (χ0n) is 12.3. The van der Waals surface area contributed by atoms with Gasteiger partial charge in [0.05, 0.1) is 17.2 Å². The first-order chi connectivity index (χ1) is 10.5. The molecule has 1 saturated heterocycles. The number of nitrogens with zero attached hydrogens (tertiary/aromatic N) is 1. The SMILES string of the molecule is COc1c(Cl)cc(C(=O)NCCCN2CCCC2=O)cc1Cl. The molecule has 0 unspecified atom stereocenters. The van der Waals surface area contributed by atoms with Crippen molar-refractivity contribution in [1.29, 1.82) is 0 Å². The zero-order chi connectivity index (χ0) is 16.1. The lowest BCUT2D eigenvalue weighted by atomic mass is 10.2. The minimum Gasteiger partial charge on any atom is -0.494 e. The van der Waals surface area contributed by atoms with Gasteiger partial charge in [0.25, 0.3) is 5.91 Å². The molecule has 22 heavy (non-hydrogen) atoms. The number of rotatable bonds is 6. The van der Waals surface area contributed by atoms with E-state index >= 15 is 0 Å². The largest absolute Gasteiger partial charge is 0.494 e. The van der Waals surface area contributed by atoms with Gasteiger partial charge < -0.3 is 15.0 Å². The fraction of sp³-hybridized carbons (Fsp3) is 0.467. The molecule has 1 N–H and O–H groups in total. The number of likely N-dealkylation sites (tertiary alicyclic amines) is 1. The highest BCUT2D eigenvalue weighted by molar-refractivity contribution is 6.37. The van der Waals surface area contributed by atoms with Crippen LogP contribution in [-0.4, -0.2) is 43.5 Å². The fourth-order valence-electron chi connectivity index (χ4n) is 2.40. The van der Waals surface area contributed by atoms with E-state index in [0.717, 1.165) is 19.4 Å². The number of benzene rings is 1. The number of hydrogen-bond donors (Lipinski definition) is 1. The normalized spacial score (nSPS) is 14.3. The highest BCUT2D eigenvalue weighted by atomic mass is 35.5. The maximum atomic E-state index is 12.1. The molecule has 1 aromatic rings. The van der Waals surface area contributed by atoms with Gasteiger partial charge in [-0.25, -0.2) is 0 Å². The second-order valence-electron chi connectivity index (χ2n) is 5.07. The van der Waals surface area contributed by atoms with E-state index < -0.39 is 0 Å². The van der Waals surface area contributed by atoms with E-state index in [1.165, 1.54) is 19.2 Å². The topological polar surface area (TPSA) is 58.6 Å². The van der Waals surface area contributed by atoms with Crippen LogP contribution in [0.5, 0.6) is 5.75 Å². The molecule has 2 rings (SSSR count). The number of ether oxygens (including phenoxy) is 1. The molecule has 2 amide bonds. The Hall–Kier alpha value is -1.46. The van der Waals surface area contributed by atoms with Gasteiger partial charge in [-0.3, -0.25) is 9.59 Å². The molecule has 5 nitrogen and oxygen atoms in total. The van der Waals surface area contributed by atoms with Gasteiger partial charge in [-0.15, -0.1) is 0 Å². The summed E-state index contributed by atoms with van der Waals surface area (Å²) in [6, 6.07) is 3.04. The number of carbonyl (C=O) groups excluding carboxylic acids is 2. The standard InChI is InChI=1S/C15H18Cl2N2O3/c1-22-14-11(16)8-10(9-12(14)17)15(21)18-5-3-7-19-6-2-4-13(19)20/h8-9H,2-7H2,1H3,(H,18,21). The molecule has 1 fully saturated rings. The molecule has 0 aliphatic carbocycles. The fourth-order valence-corrected chi connectivity index (χ4v) is 3.04. The molecule has 0 aromatic heterocycles. The van der Waals surface area contributed by atoms with Crippen molar-refractivity contribution in [1.82, 2.24) is 10.2 Å². The van der Waals surface area contributed by atoms with Crippen LogP contribution >= 0.6 is 23.2 Å². The van der Waals surface area contributed by atoms with Gasteiger partial charge in [-0.2, -0.15) is 0 Å². The molecule has 0 radical (unpaired) electrons. The Labute approximate surface area is 139 Å². The Morgan fingerprint density at radius 3 is 2.59 bits per heavy atom. The van der Waals surface area contributed by atoms with E-state index in [1.807, 2.05) is 4.90 Å². The van der Waals surface area contributed by atoms with Crippen LogP contribution in [0.25, 0.3) is 0 Å². The minimum atomic E-state index is -0.251. The molecule has 0 bridgehead atoms. The van der Waals surface area contributed by atoms with Gasteiger partial charge in [0.1, 0.15) is 0 Å². The Bertz CT molecular complexity index is 555. The van der Waals surface area contributed by atoms with Gasteiger partial charge in [-0.1, -0.05) is 23.2 Å². The first-order valence-corrected chi connectivity index (χ1v) is 7.87. The second-order valence-corrected chi connectivity index (χ2v) is 5.88. The van der Waals surface area contributed by atoms with Crippen molar-refractivity contribution in [2.45, 2.75) is 19.3 Å². The Balaban J connectivity index is 1.83. The maximum Gasteiger partial charge on any atom is 0.251 e. The number of nitrogens with one attached hydrogen (secondary N) is 1. The van der Waals surface area contributed by atoms with Gasteiger partial charge in [0, 0.05) is 31.6 Å². The molecule has 1 heterocycles. The molecule has 0 spiro atoms. The van der Waals surface area contributed by atoms with Crippen molar-refractivity contribution >= 4 is 35.0 Å². The molecule has 1 aliphatic rings. The van der Waals surface area contributed by atoms with Crippen LogP contribution in [0.3, 0.4) is 0 Å². The summed E-state index contributed by atoms with van der Waals surface area (Å²) in [6.45, 7) is 1.98. The smallest absolute Gasteiger partial charge is 0.251 e.